The van der Waals surface area contributed by atoms with E-state index >= 15 is 0 Å². The second kappa shape index (κ2) is 1.16. The number of thiol groups is 1. The smallest absolute Gasteiger partial charge is 0.0424 e. The van der Waals surface area contributed by atoms with Gasteiger partial charge in [0.05, 0.1) is 0 Å². The Labute approximate surface area is 48.7 Å². The largest absolute Gasteiger partial charge is 0.325 e. The van der Waals surface area contributed by atoms with E-state index in [9.17, 15) is 0 Å². The highest BCUT2D eigenvalue weighted by atomic mass is 32.1. The lowest BCUT2D eigenvalue weighted by atomic mass is 10.3. The molecule has 1 aliphatic rings. The van der Waals surface area contributed by atoms with E-state index in [0.717, 1.165) is 0 Å². The standard InChI is InChI=1S/C4H10N2S/c1-4(6)2(5)3(4)7/h2-3,7H,5-6H2,1H3/t2?,3-,4-/m0/s1. The molecule has 4 N–H and O–H groups in total. The fraction of sp³-hybridized carbons (Fsp3) is 1.00. The number of hydrogen-bond acceptors (Lipinski definition) is 3. The molecule has 0 bridgehead atoms. The third-order valence-electron chi connectivity index (χ3n) is 1.59. The maximum absolute atomic E-state index is 5.55. The highest BCUT2D eigenvalue weighted by Gasteiger charge is 2.54. The fourth-order valence-electron chi connectivity index (χ4n) is 0.542. The predicted molar refractivity (Wildman–Crippen MR) is 33.3 cm³/mol. The zero-order valence-corrected chi connectivity index (χ0v) is 5.15. The molecule has 42 valence electrons. The van der Waals surface area contributed by atoms with Crippen molar-refractivity contribution in [3.8, 4) is 0 Å². The summed E-state index contributed by atoms with van der Waals surface area (Å²) in [7, 11) is 0. The molecular formula is C4H10N2S. The van der Waals surface area contributed by atoms with Gasteiger partial charge in [0, 0.05) is 16.8 Å². The van der Waals surface area contributed by atoms with Crippen molar-refractivity contribution in [2.45, 2.75) is 23.8 Å². The lowest BCUT2D eigenvalue weighted by molar-refractivity contribution is 0.723. The Morgan fingerprint density at radius 1 is 1.71 bits per heavy atom. The number of hydrogen-bond donors (Lipinski definition) is 3. The molecule has 0 amide bonds. The van der Waals surface area contributed by atoms with Crippen molar-refractivity contribution < 1.29 is 0 Å². The van der Waals surface area contributed by atoms with Gasteiger partial charge in [0.1, 0.15) is 0 Å². The molecule has 7 heavy (non-hydrogen) atoms. The monoisotopic (exact) mass is 118 g/mol. The quantitative estimate of drug-likeness (QED) is 0.370. The van der Waals surface area contributed by atoms with Crippen molar-refractivity contribution >= 4 is 12.6 Å². The molecule has 3 atom stereocenters. The van der Waals surface area contributed by atoms with Crippen LogP contribution in [0, 0.1) is 0 Å². The van der Waals surface area contributed by atoms with Crippen molar-refractivity contribution in [1.82, 2.24) is 0 Å². The zero-order chi connectivity index (χ0) is 5.65. The summed E-state index contributed by atoms with van der Waals surface area (Å²) in [5.74, 6) is 0. The first kappa shape index (κ1) is 5.41. The number of nitrogens with two attached hydrogens (primary N) is 2. The third-order valence-corrected chi connectivity index (χ3v) is 2.46. The van der Waals surface area contributed by atoms with Crippen LogP contribution in [0.2, 0.25) is 0 Å². The first-order valence-electron chi connectivity index (χ1n) is 2.29. The van der Waals surface area contributed by atoms with Gasteiger partial charge < -0.3 is 11.5 Å². The lowest BCUT2D eigenvalue weighted by Gasteiger charge is -1.94. The van der Waals surface area contributed by atoms with E-state index in [1.807, 2.05) is 6.92 Å². The molecule has 1 unspecified atom stereocenters. The normalized spacial score (nSPS) is 60.0. The second-order valence-electron chi connectivity index (χ2n) is 2.34. The van der Waals surface area contributed by atoms with Crippen LogP contribution in [0.4, 0.5) is 0 Å². The molecule has 2 nitrogen and oxygen atoms in total. The van der Waals surface area contributed by atoms with Crippen LogP contribution in [0.3, 0.4) is 0 Å². The van der Waals surface area contributed by atoms with Gasteiger partial charge in [-0.15, -0.1) is 0 Å². The van der Waals surface area contributed by atoms with Crippen molar-refractivity contribution in [3.63, 3.8) is 0 Å². The van der Waals surface area contributed by atoms with Crippen LogP contribution in [0.1, 0.15) is 6.92 Å². The van der Waals surface area contributed by atoms with E-state index in [-0.39, 0.29) is 16.8 Å². The van der Waals surface area contributed by atoms with E-state index in [4.69, 9.17) is 11.5 Å². The minimum absolute atomic E-state index is 0.107. The minimum Gasteiger partial charge on any atom is -0.325 e. The molecule has 0 heterocycles. The topological polar surface area (TPSA) is 52.0 Å². The minimum atomic E-state index is -0.191. The summed E-state index contributed by atoms with van der Waals surface area (Å²) in [4.78, 5) is 0. The predicted octanol–water partition coefficient (Wildman–Crippen LogP) is -0.657. The Kier molecular flexibility index (Phi) is 0.894. The van der Waals surface area contributed by atoms with Crippen molar-refractivity contribution in [2.75, 3.05) is 0 Å². The van der Waals surface area contributed by atoms with E-state index in [1.54, 1.807) is 0 Å². The Hall–Kier alpha value is 0.270. The summed E-state index contributed by atoms with van der Waals surface area (Å²) in [6.45, 7) is 1.91. The molecule has 0 aromatic heterocycles. The number of rotatable bonds is 0. The first-order valence-corrected chi connectivity index (χ1v) is 2.81. The van der Waals surface area contributed by atoms with Gasteiger partial charge in [-0.2, -0.15) is 12.6 Å². The second-order valence-corrected chi connectivity index (χ2v) is 2.89. The zero-order valence-electron chi connectivity index (χ0n) is 4.26. The van der Waals surface area contributed by atoms with Crippen LogP contribution in [0.25, 0.3) is 0 Å². The Morgan fingerprint density at radius 3 is 1.86 bits per heavy atom. The van der Waals surface area contributed by atoms with Gasteiger partial charge in [0.2, 0.25) is 0 Å². The molecular weight excluding hydrogens is 108 g/mol. The molecule has 0 spiro atoms. The summed E-state index contributed by atoms with van der Waals surface area (Å²) in [5.41, 5.74) is 10.8. The molecule has 1 fully saturated rings. The van der Waals surface area contributed by atoms with Gasteiger partial charge in [0.15, 0.2) is 0 Å². The summed E-state index contributed by atoms with van der Waals surface area (Å²) in [6, 6.07) is 0.107. The van der Waals surface area contributed by atoms with Crippen LogP contribution in [0.5, 0.6) is 0 Å². The SMILES string of the molecule is C[C@]1(N)C(N)[C@@H]1S. The van der Waals surface area contributed by atoms with E-state index in [1.165, 1.54) is 0 Å². The summed E-state index contributed by atoms with van der Waals surface area (Å²) in [5, 5.41) is 0.215. The molecule has 3 heteroatoms. The molecule has 0 aromatic rings. The van der Waals surface area contributed by atoms with Gasteiger partial charge in [-0.25, -0.2) is 0 Å². The van der Waals surface area contributed by atoms with Crippen molar-refractivity contribution in [3.05, 3.63) is 0 Å². The molecule has 1 rings (SSSR count). The molecule has 0 saturated heterocycles. The molecule has 0 aromatic carbocycles. The van der Waals surface area contributed by atoms with Crippen LogP contribution >= 0.6 is 12.6 Å². The van der Waals surface area contributed by atoms with Crippen LogP contribution in [-0.2, 0) is 0 Å². The highest BCUT2D eigenvalue weighted by molar-refractivity contribution is 7.81. The van der Waals surface area contributed by atoms with Gasteiger partial charge in [0.25, 0.3) is 0 Å². The molecule has 1 saturated carbocycles. The molecule has 0 radical (unpaired) electrons. The van der Waals surface area contributed by atoms with Crippen LogP contribution in [-0.4, -0.2) is 16.8 Å². The summed E-state index contributed by atoms with van der Waals surface area (Å²) in [6.07, 6.45) is 0. The maximum Gasteiger partial charge on any atom is 0.0424 e. The average molecular weight is 118 g/mol. The van der Waals surface area contributed by atoms with E-state index in [0.29, 0.717) is 0 Å². The summed E-state index contributed by atoms with van der Waals surface area (Å²) >= 11 is 4.10. The van der Waals surface area contributed by atoms with E-state index < -0.39 is 0 Å². The van der Waals surface area contributed by atoms with Crippen molar-refractivity contribution in [1.29, 1.82) is 0 Å². The van der Waals surface area contributed by atoms with Crippen LogP contribution in [0.15, 0.2) is 0 Å². The Balaban J connectivity index is 2.52. The Bertz CT molecular complexity index is 81.7. The van der Waals surface area contributed by atoms with Gasteiger partial charge in [-0.05, 0) is 6.92 Å². The highest BCUT2D eigenvalue weighted by Crippen LogP contribution is 2.35. The molecule has 1 aliphatic carbocycles. The van der Waals surface area contributed by atoms with E-state index in [2.05, 4.69) is 12.6 Å². The maximum atomic E-state index is 5.55. The summed E-state index contributed by atoms with van der Waals surface area (Å²) < 4.78 is 0. The van der Waals surface area contributed by atoms with Crippen LogP contribution < -0.4 is 11.5 Å². The van der Waals surface area contributed by atoms with Crippen molar-refractivity contribution in [2.24, 2.45) is 11.5 Å². The molecule has 0 aliphatic heterocycles. The third kappa shape index (κ3) is 0.561. The Morgan fingerprint density at radius 2 is 1.86 bits per heavy atom. The lowest BCUT2D eigenvalue weighted by Crippen LogP contribution is -2.26. The fourth-order valence-corrected chi connectivity index (χ4v) is 0.950. The first-order chi connectivity index (χ1) is 3.07. The van der Waals surface area contributed by atoms with Gasteiger partial charge in [-0.3, -0.25) is 0 Å². The van der Waals surface area contributed by atoms with Gasteiger partial charge >= 0.3 is 0 Å². The van der Waals surface area contributed by atoms with Gasteiger partial charge in [-0.1, -0.05) is 0 Å². The average Bonchev–Trinajstić information content (AvgIpc) is 1.91.